The van der Waals surface area contributed by atoms with Crippen LogP contribution in [0.1, 0.15) is 42.4 Å². The van der Waals surface area contributed by atoms with Gasteiger partial charge in [0, 0.05) is 17.4 Å². The van der Waals surface area contributed by atoms with Crippen LogP contribution in [0.3, 0.4) is 0 Å². The minimum atomic E-state index is -3.47. The van der Waals surface area contributed by atoms with Gasteiger partial charge in [0.05, 0.1) is 0 Å². The van der Waals surface area contributed by atoms with E-state index in [0.717, 1.165) is 36.6 Å². The molecular formula is C23H26O4S. The fourth-order valence-electron chi connectivity index (χ4n) is 2.97. The van der Waals surface area contributed by atoms with Gasteiger partial charge in [-0.25, -0.2) is 8.42 Å². The van der Waals surface area contributed by atoms with E-state index in [9.17, 15) is 13.2 Å². The summed E-state index contributed by atoms with van der Waals surface area (Å²) in [6.07, 6.45) is 4.60. The van der Waals surface area contributed by atoms with Crippen LogP contribution in [-0.2, 0) is 21.1 Å². The highest BCUT2D eigenvalue weighted by molar-refractivity contribution is 7.92. The summed E-state index contributed by atoms with van der Waals surface area (Å²) in [6, 6.07) is 18.0. The zero-order chi connectivity index (χ0) is 20.4. The monoisotopic (exact) mass is 398 g/mol. The number of hydrogen-bond donors (Lipinski definition) is 1. The van der Waals surface area contributed by atoms with Gasteiger partial charge in [-0.2, -0.15) is 0 Å². The Bertz CT molecular complexity index is 920. The fourth-order valence-corrected chi connectivity index (χ4v) is 4.12. The molecule has 0 spiro atoms. The van der Waals surface area contributed by atoms with Crippen LogP contribution in [0, 0.1) is 11.8 Å². The van der Waals surface area contributed by atoms with Crippen molar-refractivity contribution in [1.29, 1.82) is 0 Å². The molecule has 1 N–H and O–H groups in total. The van der Waals surface area contributed by atoms with E-state index in [1.54, 1.807) is 0 Å². The zero-order valence-electron chi connectivity index (χ0n) is 16.1. The van der Waals surface area contributed by atoms with E-state index in [1.165, 1.54) is 5.56 Å². The summed E-state index contributed by atoms with van der Waals surface area (Å²) in [5.41, 5.74) is 3.15. The van der Waals surface area contributed by atoms with Gasteiger partial charge >= 0.3 is 0 Å². The molecule has 2 aromatic rings. The van der Waals surface area contributed by atoms with E-state index in [0.29, 0.717) is 6.42 Å². The second-order valence-electron chi connectivity index (χ2n) is 6.85. The summed E-state index contributed by atoms with van der Waals surface area (Å²) < 4.78 is 23.3. The first-order chi connectivity index (χ1) is 13.4. The van der Waals surface area contributed by atoms with Gasteiger partial charge in [0.2, 0.25) is 0 Å². The fraction of sp³-hybridized carbons (Fsp3) is 0.348. The smallest absolute Gasteiger partial charge is 0.176 e. The molecule has 2 rings (SSSR count). The van der Waals surface area contributed by atoms with E-state index in [2.05, 4.69) is 24.0 Å². The molecule has 0 radical (unpaired) electrons. The number of unbranched alkanes of at least 4 members (excludes halogenated alkanes) is 2. The molecule has 0 aliphatic carbocycles. The van der Waals surface area contributed by atoms with Gasteiger partial charge in [-0.05, 0) is 49.1 Å². The minimum absolute atomic E-state index is 0.270. The van der Waals surface area contributed by atoms with Crippen LogP contribution in [-0.4, -0.2) is 37.4 Å². The van der Waals surface area contributed by atoms with Crippen molar-refractivity contribution in [3.63, 3.8) is 0 Å². The molecule has 0 fully saturated rings. The number of aliphatic hydroxyl groups excluding tert-OH is 1. The maximum absolute atomic E-state index is 11.6. The van der Waals surface area contributed by atoms with Crippen molar-refractivity contribution in [3.05, 3.63) is 71.3 Å². The van der Waals surface area contributed by atoms with E-state index < -0.39 is 27.5 Å². The molecule has 0 aliphatic heterocycles. The van der Waals surface area contributed by atoms with Crippen molar-refractivity contribution < 1.29 is 18.3 Å². The van der Waals surface area contributed by atoms with Crippen LogP contribution in [0.15, 0.2) is 54.6 Å². The Morgan fingerprint density at radius 3 is 2.11 bits per heavy atom. The van der Waals surface area contributed by atoms with Crippen molar-refractivity contribution >= 4 is 15.6 Å². The first-order valence-corrected chi connectivity index (χ1v) is 11.3. The average Bonchev–Trinajstić information content (AvgIpc) is 2.69. The molecule has 0 aromatic heterocycles. The van der Waals surface area contributed by atoms with E-state index in [4.69, 9.17) is 5.11 Å². The van der Waals surface area contributed by atoms with Gasteiger partial charge in [0.1, 0.15) is 11.9 Å². The Morgan fingerprint density at radius 1 is 0.929 bits per heavy atom. The van der Waals surface area contributed by atoms with Gasteiger partial charge < -0.3 is 5.11 Å². The highest BCUT2D eigenvalue weighted by atomic mass is 32.2. The second kappa shape index (κ2) is 10.8. The molecule has 1 atom stereocenters. The molecular weight excluding hydrogens is 372 g/mol. The van der Waals surface area contributed by atoms with Gasteiger partial charge in [0.15, 0.2) is 15.6 Å². The lowest BCUT2D eigenvalue weighted by molar-refractivity contribution is -0.121. The number of aliphatic hydroxyl groups is 1. The molecule has 4 nitrogen and oxygen atoms in total. The zero-order valence-corrected chi connectivity index (χ0v) is 16.9. The summed E-state index contributed by atoms with van der Waals surface area (Å²) in [4.78, 5) is 11.6. The summed E-state index contributed by atoms with van der Waals surface area (Å²) in [6.45, 7) is -0.725. The number of carbonyl (C=O) groups excluding carboxylic acids is 1. The predicted molar refractivity (Wildman–Crippen MR) is 112 cm³/mol. The van der Waals surface area contributed by atoms with Crippen molar-refractivity contribution in [1.82, 2.24) is 0 Å². The topological polar surface area (TPSA) is 71.4 Å². The molecule has 28 heavy (non-hydrogen) atoms. The van der Waals surface area contributed by atoms with Crippen molar-refractivity contribution in [2.24, 2.45) is 0 Å². The number of carbonyl (C=O) groups is 1. The van der Waals surface area contributed by atoms with Gasteiger partial charge in [-0.15, -0.1) is 0 Å². The summed E-state index contributed by atoms with van der Waals surface area (Å²) in [5.74, 6) is 5.66. The predicted octanol–water partition coefficient (Wildman–Crippen LogP) is 3.16. The normalized spacial score (nSPS) is 12.1. The van der Waals surface area contributed by atoms with Gasteiger partial charge in [-0.1, -0.05) is 55.0 Å². The molecule has 0 aliphatic rings. The Balaban J connectivity index is 1.78. The van der Waals surface area contributed by atoms with Crippen molar-refractivity contribution in [3.8, 4) is 11.8 Å². The van der Waals surface area contributed by atoms with Crippen LogP contribution in [0.25, 0.3) is 0 Å². The first-order valence-electron chi connectivity index (χ1n) is 9.38. The molecule has 0 saturated heterocycles. The molecule has 0 saturated carbocycles. The molecule has 0 bridgehead atoms. The Labute approximate surface area is 167 Å². The van der Waals surface area contributed by atoms with Crippen LogP contribution in [0.5, 0.6) is 0 Å². The summed E-state index contributed by atoms with van der Waals surface area (Å²) in [5, 5.41) is 7.84. The maximum Gasteiger partial charge on any atom is 0.176 e. The summed E-state index contributed by atoms with van der Waals surface area (Å²) in [7, 11) is -3.47. The highest BCUT2D eigenvalue weighted by Crippen LogP contribution is 2.14. The Kier molecular flexibility index (Phi) is 8.43. The van der Waals surface area contributed by atoms with E-state index in [-0.39, 0.29) is 6.42 Å². The lowest BCUT2D eigenvalue weighted by atomic mass is 10.0. The number of hydrogen-bond acceptors (Lipinski definition) is 4. The lowest BCUT2D eigenvalue weighted by Gasteiger charge is -2.12. The molecule has 5 heteroatoms. The maximum atomic E-state index is 11.6. The highest BCUT2D eigenvalue weighted by Gasteiger charge is 2.27. The van der Waals surface area contributed by atoms with Crippen LogP contribution >= 0.6 is 0 Å². The molecule has 1 unspecified atom stereocenters. The van der Waals surface area contributed by atoms with Crippen LogP contribution in [0.2, 0.25) is 0 Å². The average molecular weight is 399 g/mol. The Hall–Kier alpha value is -2.42. The molecule has 0 heterocycles. The third-order valence-electron chi connectivity index (χ3n) is 4.54. The van der Waals surface area contributed by atoms with Gasteiger partial charge in [0.25, 0.3) is 0 Å². The molecule has 2 aromatic carbocycles. The minimum Gasteiger partial charge on any atom is -0.389 e. The lowest BCUT2D eigenvalue weighted by Crippen LogP contribution is -2.31. The quantitative estimate of drug-likeness (QED) is 0.520. The van der Waals surface area contributed by atoms with Crippen molar-refractivity contribution in [2.75, 3.05) is 12.9 Å². The first kappa shape index (κ1) is 21.9. The third kappa shape index (κ3) is 7.30. The van der Waals surface area contributed by atoms with Crippen LogP contribution in [0.4, 0.5) is 0 Å². The van der Waals surface area contributed by atoms with Crippen LogP contribution < -0.4 is 0 Å². The van der Waals surface area contributed by atoms with Crippen molar-refractivity contribution in [2.45, 2.75) is 37.4 Å². The standard InChI is InChI=1S/C23H26O4S/c1-28(26,27)23(22(25)18-24)11-7-3-6-10-20-13-16-21(17-14-20)15-12-19-8-4-2-5-9-19/h2,4-5,8-9,13-14,16-17,23-24H,3,6-7,10-11,18H2,1H3. The largest absolute Gasteiger partial charge is 0.389 e. The number of aryl methyl sites for hydroxylation is 1. The number of Topliss-reactive ketones (excluding diaryl/α,β-unsaturated/α-hetero) is 1. The number of ketones is 1. The number of sulfone groups is 1. The third-order valence-corrected chi connectivity index (χ3v) is 6.07. The Morgan fingerprint density at radius 2 is 1.54 bits per heavy atom. The van der Waals surface area contributed by atoms with Gasteiger partial charge in [-0.3, -0.25) is 4.79 Å². The number of rotatable bonds is 9. The van der Waals surface area contributed by atoms with E-state index >= 15 is 0 Å². The second-order valence-corrected chi connectivity index (χ2v) is 9.08. The molecule has 0 amide bonds. The molecule has 148 valence electrons. The van der Waals surface area contributed by atoms with E-state index in [1.807, 2.05) is 42.5 Å². The SMILES string of the molecule is CS(=O)(=O)C(CCCCCc1ccc(C#Cc2ccccc2)cc1)C(=O)CO. The summed E-state index contributed by atoms with van der Waals surface area (Å²) >= 11 is 0. The number of benzene rings is 2.